The van der Waals surface area contributed by atoms with Crippen LogP contribution in [0.5, 0.6) is 0 Å². The molecule has 3 heterocycles. The van der Waals surface area contributed by atoms with Gasteiger partial charge in [-0.05, 0) is 0 Å². The molecular weight excluding hydrogens is 644 g/mol. The molecule has 16 atom stereocenters. The monoisotopic (exact) mass is 688 g/mol. The van der Waals surface area contributed by atoms with Gasteiger partial charge in [-0.15, -0.1) is 0 Å². The average molecular weight is 689 g/mol. The van der Waals surface area contributed by atoms with Gasteiger partial charge in [-0.1, -0.05) is 0 Å². The maximum Gasteiger partial charge on any atom is 0.364 e. The molecule has 3 aliphatic heterocycles. The Labute approximate surface area is 267 Å². The molecule has 12 N–H and O–H groups in total. The largest absolute Gasteiger partial charge is 0.477 e. The van der Waals surface area contributed by atoms with E-state index in [1.165, 1.54) is 7.11 Å². The maximum atomic E-state index is 12.7. The minimum Gasteiger partial charge on any atom is -0.477 e. The SMILES string of the molecule is COC[C@@H](O)[C@@H](O)[C@@H]1O[C@@](O[C@H]2[C@@H](O)[C@@H](CO)O[C@@H](O[C@H]3[C@H](O)[C@@H](CO)O[C@H](O)[C@@H]3NC(C)=O)[C@@H]2O)(C(=O)O)C[C@H](O)[C@H]1NC(C)=O. The van der Waals surface area contributed by atoms with Gasteiger partial charge >= 0.3 is 5.97 Å². The molecule has 0 radical (unpaired) electrons. The molecule has 0 saturated carbocycles. The summed E-state index contributed by atoms with van der Waals surface area (Å²) < 4.78 is 32.3. The molecule has 0 aliphatic carbocycles. The van der Waals surface area contributed by atoms with Crippen molar-refractivity contribution >= 4 is 17.8 Å². The number of methoxy groups -OCH3 is 1. The molecule has 21 nitrogen and oxygen atoms in total. The van der Waals surface area contributed by atoms with E-state index < -0.39 is 142 Å². The molecule has 0 aromatic heterocycles. The molecular formula is C26H44N2O19. The standard InChI is InChI=1S/C26H44N2O19/c1-8(31)27-14-10(33)4-26(25(40)41,46-21(14)16(35)11(34)7-42-3)47-22-18(37)13(6-30)44-24(19(22)38)45-20-15(28-9(2)32)23(39)43-12(5-29)17(20)36/h10-24,29-30,33-39H,4-7H2,1-3H3,(H,27,31)(H,28,32)(H,40,41)/t10-,11+,12+,13+,14+,15+,16+,17+,18-,19+,20+,21+,22-,23-,24-,26-/m0/s1. The maximum absolute atomic E-state index is 12.7. The molecule has 3 saturated heterocycles. The number of aliphatic hydroxyl groups excluding tert-OH is 9. The zero-order valence-electron chi connectivity index (χ0n) is 25.6. The second kappa shape index (κ2) is 16.5. The van der Waals surface area contributed by atoms with Crippen molar-refractivity contribution in [1.29, 1.82) is 0 Å². The highest BCUT2D eigenvalue weighted by Crippen LogP contribution is 2.38. The van der Waals surface area contributed by atoms with Crippen LogP contribution in [0, 0.1) is 0 Å². The van der Waals surface area contributed by atoms with Gasteiger partial charge in [0.05, 0.1) is 32.0 Å². The molecule has 2 amide bonds. The van der Waals surface area contributed by atoms with Crippen LogP contribution in [0.4, 0.5) is 0 Å². The fourth-order valence-corrected chi connectivity index (χ4v) is 5.72. The van der Waals surface area contributed by atoms with Crippen LogP contribution in [0.3, 0.4) is 0 Å². The fourth-order valence-electron chi connectivity index (χ4n) is 5.72. The quantitative estimate of drug-likeness (QED) is 0.0854. The van der Waals surface area contributed by atoms with Gasteiger partial charge in [0.2, 0.25) is 11.8 Å². The van der Waals surface area contributed by atoms with Gasteiger partial charge in [-0.25, -0.2) is 4.79 Å². The van der Waals surface area contributed by atoms with Crippen LogP contribution in [-0.2, 0) is 42.8 Å². The Morgan fingerprint density at radius 3 is 1.96 bits per heavy atom. The van der Waals surface area contributed by atoms with E-state index in [-0.39, 0.29) is 0 Å². The van der Waals surface area contributed by atoms with Crippen LogP contribution in [0.25, 0.3) is 0 Å². The molecule has 0 aromatic carbocycles. The van der Waals surface area contributed by atoms with Crippen molar-refractivity contribution in [1.82, 2.24) is 10.6 Å². The van der Waals surface area contributed by atoms with Crippen molar-refractivity contribution in [3.05, 3.63) is 0 Å². The van der Waals surface area contributed by atoms with E-state index >= 15 is 0 Å². The third kappa shape index (κ3) is 8.70. The third-order valence-corrected chi connectivity index (χ3v) is 8.02. The second-order valence-electron chi connectivity index (χ2n) is 11.5. The second-order valence-corrected chi connectivity index (χ2v) is 11.5. The zero-order chi connectivity index (χ0) is 35.4. The summed E-state index contributed by atoms with van der Waals surface area (Å²) in [6, 6.07) is -3.02. The number of carbonyl (C=O) groups is 3. The number of carbonyl (C=O) groups excluding carboxylic acids is 2. The number of aliphatic carboxylic acids is 1. The van der Waals surface area contributed by atoms with E-state index in [0.717, 1.165) is 13.8 Å². The summed E-state index contributed by atoms with van der Waals surface area (Å²) >= 11 is 0. The normalized spacial score (nSPS) is 42.3. The minimum atomic E-state index is -3.00. The Kier molecular flexibility index (Phi) is 13.8. The van der Waals surface area contributed by atoms with Crippen LogP contribution in [-0.4, -0.2) is 193 Å². The van der Waals surface area contributed by atoms with Crippen molar-refractivity contribution < 1.29 is 93.9 Å². The number of aliphatic hydroxyl groups is 9. The lowest BCUT2D eigenvalue weighted by Crippen LogP contribution is -2.71. The highest BCUT2D eigenvalue weighted by molar-refractivity contribution is 5.76. The highest BCUT2D eigenvalue weighted by Gasteiger charge is 2.60. The summed E-state index contributed by atoms with van der Waals surface area (Å²) in [5.41, 5.74) is 0. The summed E-state index contributed by atoms with van der Waals surface area (Å²) in [4.78, 5) is 36.4. The number of rotatable bonds is 13. The molecule has 0 unspecified atom stereocenters. The molecule has 21 heteroatoms. The van der Waals surface area contributed by atoms with Crippen LogP contribution in [0.15, 0.2) is 0 Å². The fraction of sp³-hybridized carbons (Fsp3) is 0.885. The van der Waals surface area contributed by atoms with E-state index in [4.69, 9.17) is 28.4 Å². The van der Waals surface area contributed by atoms with Gasteiger partial charge in [0, 0.05) is 27.4 Å². The van der Waals surface area contributed by atoms with Gasteiger partial charge in [-0.2, -0.15) is 0 Å². The summed E-state index contributed by atoms with van der Waals surface area (Å²) in [5.74, 6) is -6.38. The predicted molar refractivity (Wildman–Crippen MR) is 146 cm³/mol. The van der Waals surface area contributed by atoms with Crippen LogP contribution < -0.4 is 10.6 Å². The molecule has 272 valence electrons. The summed E-state index contributed by atoms with van der Waals surface area (Å²) in [7, 11) is 1.19. The van der Waals surface area contributed by atoms with Crippen LogP contribution in [0.2, 0.25) is 0 Å². The van der Waals surface area contributed by atoms with E-state index in [0.29, 0.717) is 0 Å². The lowest BCUT2D eigenvalue weighted by Gasteiger charge is -2.50. The van der Waals surface area contributed by atoms with Gasteiger partial charge in [0.1, 0.15) is 67.1 Å². The van der Waals surface area contributed by atoms with E-state index in [1.54, 1.807) is 0 Å². The Morgan fingerprint density at radius 1 is 0.872 bits per heavy atom. The molecule has 3 rings (SSSR count). The zero-order valence-corrected chi connectivity index (χ0v) is 25.6. The van der Waals surface area contributed by atoms with Gasteiger partial charge in [-0.3, -0.25) is 9.59 Å². The van der Waals surface area contributed by atoms with E-state index in [1.807, 2.05) is 0 Å². The van der Waals surface area contributed by atoms with Gasteiger partial charge in [0.25, 0.3) is 5.79 Å². The predicted octanol–water partition coefficient (Wildman–Crippen LogP) is -7.43. The summed E-state index contributed by atoms with van der Waals surface area (Å²) in [5, 5.41) is 110. The number of ether oxygens (including phenoxy) is 6. The molecule has 3 aliphatic rings. The molecule has 0 bridgehead atoms. The first-order valence-corrected chi connectivity index (χ1v) is 14.6. The third-order valence-electron chi connectivity index (χ3n) is 8.02. The first-order valence-electron chi connectivity index (χ1n) is 14.6. The van der Waals surface area contributed by atoms with Crippen molar-refractivity contribution in [2.75, 3.05) is 26.9 Å². The Morgan fingerprint density at radius 2 is 1.43 bits per heavy atom. The smallest absolute Gasteiger partial charge is 0.364 e. The lowest BCUT2D eigenvalue weighted by molar-refractivity contribution is -0.380. The number of carboxylic acid groups (broad SMARTS) is 1. The number of amides is 2. The Bertz CT molecular complexity index is 1070. The molecule has 47 heavy (non-hydrogen) atoms. The number of hydrogen-bond acceptors (Lipinski definition) is 18. The van der Waals surface area contributed by atoms with E-state index in [9.17, 15) is 65.4 Å². The number of hydrogen-bond donors (Lipinski definition) is 12. The Balaban J connectivity index is 1.98. The molecule has 0 aromatic rings. The highest BCUT2D eigenvalue weighted by atomic mass is 16.8. The minimum absolute atomic E-state index is 0.483. The van der Waals surface area contributed by atoms with Crippen LogP contribution in [0.1, 0.15) is 20.3 Å². The van der Waals surface area contributed by atoms with Crippen molar-refractivity contribution in [2.24, 2.45) is 0 Å². The van der Waals surface area contributed by atoms with Gasteiger partial charge < -0.3 is 90.1 Å². The van der Waals surface area contributed by atoms with E-state index in [2.05, 4.69) is 10.6 Å². The van der Waals surface area contributed by atoms with Crippen molar-refractivity contribution in [3.8, 4) is 0 Å². The first kappa shape index (κ1) is 39.3. The molecule has 0 spiro atoms. The first-order chi connectivity index (χ1) is 22.0. The number of nitrogens with one attached hydrogen (secondary N) is 2. The average Bonchev–Trinajstić information content (AvgIpc) is 3.00. The lowest BCUT2D eigenvalue weighted by atomic mass is 9.88. The molecule has 3 fully saturated rings. The van der Waals surface area contributed by atoms with Gasteiger partial charge in [0.15, 0.2) is 12.6 Å². The van der Waals surface area contributed by atoms with Crippen molar-refractivity contribution in [2.45, 2.75) is 118 Å². The summed E-state index contributed by atoms with van der Waals surface area (Å²) in [6.07, 6.45) is -25.2. The number of carboxylic acids is 1. The van der Waals surface area contributed by atoms with Crippen molar-refractivity contribution in [3.63, 3.8) is 0 Å². The topological polar surface area (TPSA) is 333 Å². The summed E-state index contributed by atoms with van der Waals surface area (Å²) in [6.45, 7) is -0.145. The van der Waals surface area contributed by atoms with Crippen LogP contribution >= 0.6 is 0 Å². The Hall–Kier alpha value is -2.19.